The fourth-order valence-electron chi connectivity index (χ4n) is 4.48. The van der Waals surface area contributed by atoms with Gasteiger partial charge in [-0.15, -0.1) is 0 Å². The van der Waals surface area contributed by atoms with E-state index in [1.807, 2.05) is 0 Å². The van der Waals surface area contributed by atoms with Gasteiger partial charge in [0.05, 0.1) is 6.20 Å². The van der Waals surface area contributed by atoms with Crippen LogP contribution in [0.4, 0.5) is 8.78 Å². The van der Waals surface area contributed by atoms with Crippen LogP contribution < -0.4 is 0 Å². The number of nitrogens with zero attached hydrogens (tertiary/aromatic N) is 3. The van der Waals surface area contributed by atoms with E-state index in [9.17, 15) is 18.4 Å². The lowest BCUT2D eigenvalue weighted by molar-refractivity contribution is -0.134. The van der Waals surface area contributed by atoms with Crippen LogP contribution >= 0.6 is 0 Å². The molecule has 1 aromatic carbocycles. The molecule has 1 saturated heterocycles. The minimum absolute atomic E-state index is 0.0591. The monoisotopic (exact) mass is 431 g/mol. The topological polar surface area (TPSA) is 66.7 Å². The smallest absolute Gasteiger partial charge is 0.259 e. The van der Waals surface area contributed by atoms with Crippen molar-refractivity contribution in [1.29, 1.82) is 0 Å². The van der Waals surface area contributed by atoms with Gasteiger partial charge in [0.25, 0.3) is 5.91 Å². The third kappa shape index (κ3) is 4.62. The Balaban J connectivity index is 1.48. The molecule has 0 spiro atoms. The molecule has 1 aliphatic carbocycles. The number of carbonyl (C=O) groups is 2. The summed E-state index contributed by atoms with van der Waals surface area (Å²) in [5.41, 5.74) is 0.866. The van der Waals surface area contributed by atoms with Gasteiger partial charge in [-0.25, -0.2) is 8.78 Å². The van der Waals surface area contributed by atoms with Gasteiger partial charge >= 0.3 is 0 Å². The van der Waals surface area contributed by atoms with Crippen molar-refractivity contribution in [3.63, 3.8) is 0 Å². The standard InChI is InChI=1S/C23H27F2N3O3/c1-14-19(13-26-31-14)23(30)28-9-7-15(8-10-28)21(27(2)22(29)16-3-4-16)11-17-5-6-18(24)12-20(17)25/h5-6,12-13,15-16,21H,3-4,7-11H2,1-2H3. The number of hydrogen-bond donors (Lipinski definition) is 0. The highest BCUT2D eigenvalue weighted by Crippen LogP contribution is 2.34. The molecule has 1 aliphatic heterocycles. The second kappa shape index (κ2) is 8.77. The first kappa shape index (κ1) is 21.5. The van der Waals surface area contributed by atoms with Crippen molar-refractivity contribution in [2.75, 3.05) is 20.1 Å². The molecule has 31 heavy (non-hydrogen) atoms. The lowest BCUT2D eigenvalue weighted by Gasteiger charge is -2.40. The summed E-state index contributed by atoms with van der Waals surface area (Å²) in [5.74, 6) is -0.559. The maximum absolute atomic E-state index is 14.4. The first-order chi connectivity index (χ1) is 14.8. The molecule has 8 heteroatoms. The molecule has 2 fully saturated rings. The van der Waals surface area contributed by atoms with Crippen LogP contribution in [0.3, 0.4) is 0 Å². The van der Waals surface area contributed by atoms with E-state index < -0.39 is 11.6 Å². The second-order valence-corrected chi connectivity index (χ2v) is 8.66. The van der Waals surface area contributed by atoms with Crippen molar-refractivity contribution in [3.05, 3.63) is 52.9 Å². The Morgan fingerprint density at radius 1 is 1.23 bits per heavy atom. The molecule has 166 valence electrons. The van der Waals surface area contributed by atoms with Gasteiger partial charge in [-0.1, -0.05) is 11.2 Å². The highest BCUT2D eigenvalue weighted by atomic mass is 19.1. The van der Waals surface area contributed by atoms with E-state index in [1.165, 1.54) is 18.3 Å². The maximum Gasteiger partial charge on any atom is 0.259 e. The molecule has 1 saturated carbocycles. The molecule has 2 aliphatic rings. The van der Waals surface area contributed by atoms with E-state index in [4.69, 9.17) is 4.52 Å². The van der Waals surface area contributed by atoms with Gasteiger partial charge in [0.2, 0.25) is 5.91 Å². The van der Waals surface area contributed by atoms with Crippen LogP contribution in [0.5, 0.6) is 0 Å². The van der Waals surface area contributed by atoms with Crippen molar-refractivity contribution < 1.29 is 22.9 Å². The number of likely N-dealkylation sites (tertiary alicyclic amines) is 1. The number of rotatable bonds is 6. The molecule has 1 unspecified atom stereocenters. The maximum atomic E-state index is 14.4. The number of piperidine rings is 1. The van der Waals surface area contributed by atoms with Crippen LogP contribution in [-0.4, -0.2) is 52.9 Å². The lowest BCUT2D eigenvalue weighted by atomic mass is 9.84. The van der Waals surface area contributed by atoms with Gasteiger partial charge in [0.15, 0.2) is 0 Å². The molecule has 6 nitrogen and oxygen atoms in total. The van der Waals surface area contributed by atoms with Crippen LogP contribution in [0.15, 0.2) is 28.9 Å². The van der Waals surface area contributed by atoms with Gasteiger partial charge in [-0.2, -0.15) is 0 Å². The van der Waals surface area contributed by atoms with Gasteiger partial charge in [-0.05, 0) is 56.6 Å². The Labute approximate surface area is 180 Å². The number of benzene rings is 1. The summed E-state index contributed by atoms with van der Waals surface area (Å²) in [7, 11) is 1.78. The predicted octanol–water partition coefficient (Wildman–Crippen LogP) is 3.59. The van der Waals surface area contributed by atoms with E-state index in [2.05, 4.69) is 5.16 Å². The highest BCUT2D eigenvalue weighted by molar-refractivity contribution is 5.94. The number of amides is 2. The largest absolute Gasteiger partial charge is 0.361 e. The van der Waals surface area contributed by atoms with Crippen LogP contribution in [0, 0.1) is 30.4 Å². The highest BCUT2D eigenvalue weighted by Gasteiger charge is 2.38. The van der Waals surface area contributed by atoms with Crippen molar-refractivity contribution >= 4 is 11.8 Å². The average Bonchev–Trinajstić information content (AvgIpc) is 3.52. The lowest BCUT2D eigenvalue weighted by Crippen LogP contribution is -2.49. The molecule has 2 aromatic rings. The van der Waals surface area contributed by atoms with E-state index in [-0.39, 0.29) is 29.7 Å². The normalized spacial score (nSPS) is 18.1. The molecule has 2 heterocycles. The number of hydrogen-bond acceptors (Lipinski definition) is 4. The van der Waals surface area contributed by atoms with Crippen molar-refractivity contribution in [3.8, 4) is 0 Å². The molecule has 0 N–H and O–H groups in total. The minimum atomic E-state index is -0.615. The Kier molecular flexibility index (Phi) is 6.07. The Bertz CT molecular complexity index is 965. The fourth-order valence-corrected chi connectivity index (χ4v) is 4.48. The fraction of sp³-hybridized carbons (Fsp3) is 0.522. The van der Waals surface area contributed by atoms with Gasteiger partial charge in [-0.3, -0.25) is 9.59 Å². The number of aryl methyl sites for hydroxylation is 1. The third-order valence-electron chi connectivity index (χ3n) is 6.57. The number of aromatic nitrogens is 1. The summed E-state index contributed by atoms with van der Waals surface area (Å²) < 4.78 is 32.7. The molecular weight excluding hydrogens is 404 g/mol. The molecular formula is C23H27F2N3O3. The predicted molar refractivity (Wildman–Crippen MR) is 109 cm³/mol. The molecule has 0 radical (unpaired) electrons. The number of carbonyl (C=O) groups excluding carboxylic acids is 2. The van der Waals surface area contributed by atoms with Gasteiger partial charge in [0.1, 0.15) is 23.0 Å². The Hall–Kier alpha value is -2.77. The van der Waals surface area contributed by atoms with E-state index in [1.54, 1.807) is 23.8 Å². The quantitative estimate of drug-likeness (QED) is 0.701. The summed E-state index contributed by atoms with van der Waals surface area (Å²) >= 11 is 0. The summed E-state index contributed by atoms with van der Waals surface area (Å²) in [6.07, 6.45) is 4.95. The van der Waals surface area contributed by atoms with Crippen LogP contribution in [-0.2, 0) is 11.2 Å². The molecule has 1 atom stereocenters. The zero-order chi connectivity index (χ0) is 22.1. The molecule has 2 amide bonds. The van der Waals surface area contributed by atoms with Crippen LogP contribution in [0.25, 0.3) is 0 Å². The van der Waals surface area contributed by atoms with Crippen LogP contribution in [0.2, 0.25) is 0 Å². The van der Waals surface area contributed by atoms with E-state index in [0.29, 0.717) is 49.2 Å². The van der Waals surface area contributed by atoms with Crippen molar-refractivity contribution in [1.82, 2.24) is 15.0 Å². The number of likely N-dealkylation sites (N-methyl/N-ethyl adjacent to an activating group) is 1. The summed E-state index contributed by atoms with van der Waals surface area (Å²) in [6, 6.07) is 3.39. The van der Waals surface area contributed by atoms with E-state index in [0.717, 1.165) is 18.9 Å². The summed E-state index contributed by atoms with van der Waals surface area (Å²) in [6.45, 7) is 2.79. The first-order valence-corrected chi connectivity index (χ1v) is 10.8. The summed E-state index contributed by atoms with van der Waals surface area (Å²) in [5, 5.41) is 3.68. The SMILES string of the molecule is Cc1oncc1C(=O)N1CCC(C(Cc2ccc(F)cc2F)N(C)C(=O)C2CC2)CC1. The minimum Gasteiger partial charge on any atom is -0.361 e. The Morgan fingerprint density at radius 2 is 1.94 bits per heavy atom. The molecule has 0 bridgehead atoms. The second-order valence-electron chi connectivity index (χ2n) is 8.66. The van der Waals surface area contributed by atoms with E-state index >= 15 is 0 Å². The molecule has 4 rings (SSSR count). The van der Waals surface area contributed by atoms with Crippen molar-refractivity contribution in [2.24, 2.45) is 11.8 Å². The van der Waals surface area contributed by atoms with Crippen LogP contribution in [0.1, 0.15) is 47.4 Å². The van der Waals surface area contributed by atoms with Crippen molar-refractivity contribution in [2.45, 2.75) is 45.1 Å². The van der Waals surface area contributed by atoms with Gasteiger partial charge in [0, 0.05) is 38.2 Å². The number of halogens is 2. The Morgan fingerprint density at radius 3 is 2.52 bits per heavy atom. The zero-order valence-corrected chi connectivity index (χ0v) is 17.8. The summed E-state index contributed by atoms with van der Waals surface area (Å²) in [4.78, 5) is 29.0. The zero-order valence-electron chi connectivity index (χ0n) is 17.8. The first-order valence-electron chi connectivity index (χ1n) is 10.8. The molecule has 1 aromatic heterocycles. The van der Waals surface area contributed by atoms with Gasteiger partial charge < -0.3 is 14.3 Å². The third-order valence-corrected chi connectivity index (χ3v) is 6.57. The average molecular weight is 431 g/mol.